The average molecular weight is 508 g/mol. The Labute approximate surface area is 198 Å². The first-order valence-corrected chi connectivity index (χ1v) is 13.3. The molecule has 0 aliphatic carbocycles. The Balaban J connectivity index is 1.86. The van der Waals surface area contributed by atoms with Crippen LogP contribution in [0.3, 0.4) is 0 Å². The lowest BCUT2D eigenvalue weighted by Gasteiger charge is -2.20. The summed E-state index contributed by atoms with van der Waals surface area (Å²) in [5.41, 5.74) is 0.401. The smallest absolute Gasteiger partial charge is 0.211 e. The van der Waals surface area contributed by atoms with Crippen LogP contribution in [0.1, 0.15) is 49.1 Å². The van der Waals surface area contributed by atoms with Crippen LogP contribution in [0.25, 0.3) is 0 Å². The Morgan fingerprint density at radius 3 is 2.39 bits per heavy atom. The van der Waals surface area contributed by atoms with E-state index in [1.54, 1.807) is 23.6 Å². The highest BCUT2D eigenvalue weighted by molar-refractivity contribution is 7.88. The van der Waals surface area contributed by atoms with Gasteiger partial charge in [-0.05, 0) is 30.0 Å². The van der Waals surface area contributed by atoms with Gasteiger partial charge in [0.15, 0.2) is 5.78 Å². The van der Waals surface area contributed by atoms with Crippen molar-refractivity contribution in [1.82, 2.24) is 9.29 Å². The molecule has 10 heteroatoms. The zero-order valence-electron chi connectivity index (χ0n) is 18.2. The summed E-state index contributed by atoms with van der Waals surface area (Å²) in [6, 6.07) is 4.85. The number of sulfonamides is 1. The molecule has 1 aromatic carbocycles. The van der Waals surface area contributed by atoms with Crippen LogP contribution in [0.15, 0.2) is 23.6 Å². The van der Waals surface area contributed by atoms with Gasteiger partial charge in [0.2, 0.25) is 10.0 Å². The molecule has 0 radical (unpaired) electrons. The standard InChI is InChI=1S/C21H28Cl2N2O4S2/c1-21(2,3)13-19(26)18-14-30-20(24-18)6-5-7-25(31(4,27)28)8-9-29-17-11-15(22)10-16(23)12-17/h10-12,14H,5-9,13H2,1-4H3. The van der Waals surface area contributed by atoms with Gasteiger partial charge in [-0.2, -0.15) is 4.31 Å². The zero-order valence-corrected chi connectivity index (χ0v) is 21.3. The van der Waals surface area contributed by atoms with Gasteiger partial charge < -0.3 is 4.74 Å². The van der Waals surface area contributed by atoms with Crippen LogP contribution in [0.2, 0.25) is 10.0 Å². The fourth-order valence-corrected chi connectivity index (χ4v) is 5.07. The highest BCUT2D eigenvalue weighted by Crippen LogP contribution is 2.24. The second kappa shape index (κ2) is 11.1. The molecule has 1 aromatic heterocycles. The normalized spacial score (nSPS) is 12.4. The molecule has 0 fully saturated rings. The van der Waals surface area contributed by atoms with Crippen LogP contribution in [0.4, 0.5) is 0 Å². The summed E-state index contributed by atoms with van der Waals surface area (Å²) in [5.74, 6) is 0.521. The van der Waals surface area contributed by atoms with Crippen molar-refractivity contribution < 1.29 is 17.9 Å². The van der Waals surface area contributed by atoms with E-state index in [1.165, 1.54) is 21.9 Å². The number of Topliss-reactive ketones (excluding diaryl/α,β-unsaturated/α-hetero) is 1. The summed E-state index contributed by atoms with van der Waals surface area (Å²) in [6.07, 6.45) is 2.81. The molecule has 2 rings (SSSR count). The van der Waals surface area contributed by atoms with Crippen molar-refractivity contribution in [1.29, 1.82) is 0 Å². The van der Waals surface area contributed by atoms with E-state index in [9.17, 15) is 13.2 Å². The second-order valence-corrected chi connectivity index (χ2v) is 12.3. The lowest BCUT2D eigenvalue weighted by atomic mass is 9.89. The van der Waals surface area contributed by atoms with Crippen molar-refractivity contribution in [3.63, 3.8) is 0 Å². The van der Waals surface area contributed by atoms with Gasteiger partial charge in [0.05, 0.1) is 11.3 Å². The summed E-state index contributed by atoms with van der Waals surface area (Å²) in [5, 5.41) is 3.51. The Kier molecular flexibility index (Phi) is 9.33. The molecule has 6 nitrogen and oxygen atoms in total. The van der Waals surface area contributed by atoms with Gasteiger partial charge in [0, 0.05) is 41.4 Å². The van der Waals surface area contributed by atoms with Crippen molar-refractivity contribution in [3.05, 3.63) is 44.3 Å². The number of rotatable bonds is 11. The molecule has 0 saturated carbocycles. The highest BCUT2D eigenvalue weighted by Gasteiger charge is 2.20. The largest absolute Gasteiger partial charge is 0.492 e. The summed E-state index contributed by atoms with van der Waals surface area (Å²) < 4.78 is 31.2. The molecular weight excluding hydrogens is 479 g/mol. The van der Waals surface area contributed by atoms with Crippen LogP contribution in [0, 0.1) is 5.41 Å². The summed E-state index contributed by atoms with van der Waals surface area (Å²) in [4.78, 5) is 16.7. The third kappa shape index (κ3) is 9.45. The molecule has 0 spiro atoms. The summed E-state index contributed by atoms with van der Waals surface area (Å²) in [6.45, 7) is 6.76. The Morgan fingerprint density at radius 2 is 1.81 bits per heavy atom. The third-order valence-corrected chi connectivity index (χ3v) is 6.89. The molecule has 31 heavy (non-hydrogen) atoms. The van der Waals surface area contributed by atoms with Gasteiger partial charge in [-0.3, -0.25) is 4.79 Å². The summed E-state index contributed by atoms with van der Waals surface area (Å²) >= 11 is 13.3. The second-order valence-electron chi connectivity index (χ2n) is 8.51. The number of hydrogen-bond donors (Lipinski definition) is 0. The van der Waals surface area contributed by atoms with E-state index in [-0.39, 0.29) is 24.3 Å². The number of aryl methyl sites for hydroxylation is 1. The molecule has 1 heterocycles. The van der Waals surface area contributed by atoms with Crippen molar-refractivity contribution in [3.8, 4) is 5.75 Å². The van der Waals surface area contributed by atoms with Gasteiger partial charge in [0.25, 0.3) is 0 Å². The first kappa shape index (κ1) is 26.1. The van der Waals surface area contributed by atoms with E-state index in [1.807, 2.05) is 20.8 Å². The van der Waals surface area contributed by atoms with E-state index >= 15 is 0 Å². The number of carbonyl (C=O) groups is 1. The van der Waals surface area contributed by atoms with E-state index in [4.69, 9.17) is 27.9 Å². The minimum absolute atomic E-state index is 0.0334. The van der Waals surface area contributed by atoms with Crippen molar-refractivity contribution in [2.75, 3.05) is 26.0 Å². The number of ether oxygens (including phenoxy) is 1. The van der Waals surface area contributed by atoms with Crippen LogP contribution in [0.5, 0.6) is 5.75 Å². The number of halogens is 2. The fraction of sp³-hybridized carbons (Fsp3) is 0.524. The summed E-state index contributed by atoms with van der Waals surface area (Å²) in [7, 11) is -3.39. The number of carbonyl (C=O) groups excluding carboxylic acids is 1. The zero-order chi connectivity index (χ0) is 23.2. The molecule has 2 aromatic rings. The number of nitrogens with zero attached hydrogens (tertiary/aromatic N) is 2. The van der Waals surface area contributed by atoms with Crippen LogP contribution < -0.4 is 4.74 Å². The molecule has 0 bridgehead atoms. The first-order chi connectivity index (χ1) is 14.3. The minimum Gasteiger partial charge on any atom is -0.492 e. The number of benzene rings is 1. The lowest BCUT2D eigenvalue weighted by Crippen LogP contribution is -2.34. The maximum atomic E-state index is 12.3. The van der Waals surface area contributed by atoms with Crippen LogP contribution in [-0.4, -0.2) is 49.4 Å². The van der Waals surface area contributed by atoms with Crippen molar-refractivity contribution >= 4 is 50.3 Å². The quantitative estimate of drug-likeness (QED) is 0.384. The molecule has 0 saturated heterocycles. The molecule has 0 atom stereocenters. The maximum Gasteiger partial charge on any atom is 0.211 e. The van der Waals surface area contributed by atoms with E-state index in [2.05, 4.69) is 4.98 Å². The topological polar surface area (TPSA) is 76.6 Å². The Bertz CT molecular complexity index is 981. The number of aromatic nitrogens is 1. The number of hydrogen-bond acceptors (Lipinski definition) is 6. The van der Waals surface area contributed by atoms with E-state index in [0.29, 0.717) is 47.3 Å². The van der Waals surface area contributed by atoms with Gasteiger partial charge >= 0.3 is 0 Å². The van der Waals surface area contributed by atoms with E-state index in [0.717, 1.165) is 5.01 Å². The predicted octanol–water partition coefficient (Wildman–Crippen LogP) is 5.34. The monoisotopic (exact) mass is 506 g/mol. The van der Waals surface area contributed by atoms with E-state index < -0.39 is 10.0 Å². The Hall–Kier alpha value is -1.19. The first-order valence-electron chi connectivity index (χ1n) is 9.85. The fourth-order valence-electron chi connectivity index (χ4n) is 2.85. The molecule has 0 amide bonds. The number of ketones is 1. The van der Waals surface area contributed by atoms with Gasteiger partial charge in [-0.15, -0.1) is 11.3 Å². The maximum absolute atomic E-state index is 12.3. The molecule has 0 unspecified atom stereocenters. The Morgan fingerprint density at radius 1 is 1.16 bits per heavy atom. The minimum atomic E-state index is -3.39. The molecular formula is C21H28Cl2N2O4S2. The van der Waals surface area contributed by atoms with Crippen molar-refractivity contribution in [2.24, 2.45) is 5.41 Å². The molecule has 0 N–H and O–H groups in total. The average Bonchev–Trinajstić information content (AvgIpc) is 3.06. The highest BCUT2D eigenvalue weighted by atomic mass is 35.5. The molecule has 0 aliphatic heterocycles. The van der Waals surface area contributed by atoms with Crippen LogP contribution >= 0.6 is 34.5 Å². The SMILES string of the molecule is CC(C)(C)CC(=O)c1csc(CCCN(CCOc2cc(Cl)cc(Cl)c2)S(C)(=O)=O)n1. The van der Waals surface area contributed by atoms with Crippen molar-refractivity contribution in [2.45, 2.75) is 40.0 Å². The lowest BCUT2D eigenvalue weighted by molar-refractivity contribution is 0.0935. The van der Waals surface area contributed by atoms with Crippen LogP contribution in [-0.2, 0) is 16.4 Å². The molecule has 172 valence electrons. The molecule has 0 aliphatic rings. The van der Waals surface area contributed by atoms with Gasteiger partial charge in [0.1, 0.15) is 18.1 Å². The third-order valence-electron chi connectivity index (χ3n) is 4.24. The van der Waals surface area contributed by atoms with Gasteiger partial charge in [-0.25, -0.2) is 13.4 Å². The predicted molar refractivity (Wildman–Crippen MR) is 127 cm³/mol. The number of thiazole rings is 1. The van der Waals surface area contributed by atoms with Gasteiger partial charge in [-0.1, -0.05) is 44.0 Å².